The highest BCUT2D eigenvalue weighted by atomic mass is 16.5. The molecule has 2 unspecified atom stereocenters. The number of Topliss-reactive ketones (excluding diaryl/α,β-unsaturated/α-hetero) is 1. The average Bonchev–Trinajstić information content (AvgIpc) is 2.93. The zero-order valence-corrected chi connectivity index (χ0v) is 9.95. The first-order chi connectivity index (χ1) is 8.08. The molecule has 0 radical (unpaired) electrons. The van der Waals surface area contributed by atoms with Crippen LogP contribution >= 0.6 is 0 Å². The highest BCUT2D eigenvalue weighted by Crippen LogP contribution is 2.71. The Morgan fingerprint density at radius 1 is 1.41 bits per heavy atom. The van der Waals surface area contributed by atoms with Gasteiger partial charge in [0, 0.05) is 11.0 Å². The fraction of sp³-hybridized carbons (Fsp3) is 0.429. The van der Waals surface area contributed by atoms with E-state index < -0.39 is 5.41 Å². The summed E-state index contributed by atoms with van der Waals surface area (Å²) < 4.78 is 5.08. The summed E-state index contributed by atoms with van der Waals surface area (Å²) in [5.74, 6) is -0.419. The first-order valence-corrected chi connectivity index (χ1v) is 5.89. The van der Waals surface area contributed by atoms with Crippen LogP contribution < -0.4 is 0 Å². The fourth-order valence-corrected chi connectivity index (χ4v) is 3.18. The van der Waals surface area contributed by atoms with Gasteiger partial charge < -0.3 is 4.74 Å². The van der Waals surface area contributed by atoms with E-state index in [2.05, 4.69) is 0 Å². The van der Waals surface area contributed by atoms with Crippen LogP contribution in [-0.4, -0.2) is 18.4 Å². The Labute approximate surface area is 99.8 Å². The Morgan fingerprint density at radius 3 is 2.76 bits per heavy atom. The van der Waals surface area contributed by atoms with Crippen molar-refractivity contribution in [3.63, 3.8) is 0 Å². The molecule has 0 bridgehead atoms. The van der Waals surface area contributed by atoms with Crippen molar-refractivity contribution in [3.05, 3.63) is 35.4 Å². The van der Waals surface area contributed by atoms with E-state index in [9.17, 15) is 9.59 Å². The van der Waals surface area contributed by atoms with E-state index in [1.54, 1.807) is 13.0 Å². The number of hydrogen-bond acceptors (Lipinski definition) is 3. The topological polar surface area (TPSA) is 43.4 Å². The summed E-state index contributed by atoms with van der Waals surface area (Å²) in [7, 11) is 0. The molecule has 0 N–H and O–H groups in total. The van der Waals surface area contributed by atoms with Gasteiger partial charge in [-0.3, -0.25) is 9.59 Å². The highest BCUT2D eigenvalue weighted by Gasteiger charge is 2.79. The monoisotopic (exact) mass is 230 g/mol. The summed E-state index contributed by atoms with van der Waals surface area (Å²) in [6.45, 7) is 4.06. The Morgan fingerprint density at radius 2 is 2.12 bits per heavy atom. The predicted octanol–water partition coefficient (Wildman–Crippen LogP) is 2.09. The van der Waals surface area contributed by atoms with Crippen LogP contribution in [0.5, 0.6) is 0 Å². The maximum absolute atomic E-state index is 12.4. The maximum Gasteiger partial charge on any atom is 0.320 e. The number of fused-ring (bicyclic) bond motifs is 3. The fourth-order valence-electron chi connectivity index (χ4n) is 3.18. The number of carbonyl (C=O) groups excluding carboxylic acids is 2. The molecular weight excluding hydrogens is 216 g/mol. The van der Waals surface area contributed by atoms with Gasteiger partial charge >= 0.3 is 5.97 Å². The van der Waals surface area contributed by atoms with Gasteiger partial charge in [0.25, 0.3) is 0 Å². The summed E-state index contributed by atoms with van der Waals surface area (Å²) in [5.41, 5.74) is 0.423. The van der Waals surface area contributed by atoms with Crippen LogP contribution in [-0.2, 0) is 14.9 Å². The third-order valence-corrected chi connectivity index (χ3v) is 4.21. The van der Waals surface area contributed by atoms with Gasteiger partial charge in [0.1, 0.15) is 5.41 Å². The van der Waals surface area contributed by atoms with E-state index in [-0.39, 0.29) is 17.2 Å². The normalized spacial score (nSPS) is 32.9. The van der Waals surface area contributed by atoms with E-state index in [4.69, 9.17) is 4.74 Å². The average molecular weight is 230 g/mol. The van der Waals surface area contributed by atoms with Gasteiger partial charge in [-0.05, 0) is 18.9 Å². The van der Waals surface area contributed by atoms with Gasteiger partial charge in [0.2, 0.25) is 0 Å². The highest BCUT2D eigenvalue weighted by molar-refractivity contribution is 6.21. The molecule has 88 valence electrons. The lowest BCUT2D eigenvalue weighted by molar-refractivity contribution is -0.148. The Bertz CT molecular complexity index is 534. The lowest BCUT2D eigenvalue weighted by atomic mass is 9.94. The van der Waals surface area contributed by atoms with Gasteiger partial charge in [-0.2, -0.15) is 0 Å². The summed E-state index contributed by atoms with van der Waals surface area (Å²) in [4.78, 5) is 24.4. The van der Waals surface area contributed by atoms with Crippen molar-refractivity contribution < 1.29 is 14.3 Å². The Hall–Kier alpha value is -1.64. The van der Waals surface area contributed by atoms with Crippen LogP contribution in [0.3, 0.4) is 0 Å². The zero-order chi connectivity index (χ0) is 12.3. The third kappa shape index (κ3) is 0.978. The number of rotatable bonds is 2. The second kappa shape index (κ2) is 2.97. The number of benzene rings is 1. The molecule has 2 aliphatic rings. The smallest absolute Gasteiger partial charge is 0.320 e. The van der Waals surface area contributed by atoms with Crippen LogP contribution in [0.4, 0.5) is 0 Å². The van der Waals surface area contributed by atoms with E-state index in [1.165, 1.54) is 0 Å². The van der Waals surface area contributed by atoms with Crippen molar-refractivity contribution in [3.8, 4) is 0 Å². The molecule has 0 amide bonds. The maximum atomic E-state index is 12.4. The standard InChI is InChI=1S/C14H14O3/c1-3-17-12(16)14-8-13(14,2)10-7-5-4-6-9(10)11(14)15/h4-7H,3,8H2,1-2H3. The minimum atomic E-state index is -0.924. The van der Waals surface area contributed by atoms with Crippen molar-refractivity contribution in [1.29, 1.82) is 0 Å². The minimum absolute atomic E-state index is 0.0611. The molecule has 0 spiro atoms. The van der Waals surface area contributed by atoms with Crippen molar-refractivity contribution in [2.45, 2.75) is 25.7 Å². The third-order valence-electron chi connectivity index (χ3n) is 4.21. The molecule has 1 saturated carbocycles. The first-order valence-electron chi connectivity index (χ1n) is 5.89. The molecule has 0 heterocycles. The van der Waals surface area contributed by atoms with E-state index in [1.807, 2.05) is 25.1 Å². The number of carbonyl (C=O) groups is 2. The summed E-state index contributed by atoms with van der Waals surface area (Å²) in [5, 5.41) is 0. The molecule has 1 aromatic carbocycles. The molecule has 0 aromatic heterocycles. The van der Waals surface area contributed by atoms with Crippen molar-refractivity contribution in [2.24, 2.45) is 5.41 Å². The van der Waals surface area contributed by atoms with Crippen molar-refractivity contribution in [2.75, 3.05) is 6.61 Å². The summed E-state index contributed by atoms with van der Waals surface area (Å²) >= 11 is 0. The minimum Gasteiger partial charge on any atom is -0.465 e. The van der Waals surface area contributed by atoms with Crippen LogP contribution in [0.1, 0.15) is 36.2 Å². The van der Waals surface area contributed by atoms with Crippen LogP contribution in [0.15, 0.2) is 24.3 Å². The van der Waals surface area contributed by atoms with Gasteiger partial charge in [-0.1, -0.05) is 31.2 Å². The number of esters is 1. The van der Waals surface area contributed by atoms with Crippen molar-refractivity contribution >= 4 is 11.8 Å². The molecule has 3 nitrogen and oxygen atoms in total. The van der Waals surface area contributed by atoms with Crippen LogP contribution in [0.25, 0.3) is 0 Å². The number of ether oxygens (including phenoxy) is 1. The van der Waals surface area contributed by atoms with Gasteiger partial charge in [-0.15, -0.1) is 0 Å². The molecule has 1 aromatic rings. The molecule has 1 fully saturated rings. The summed E-state index contributed by atoms with van der Waals surface area (Å²) in [6, 6.07) is 7.50. The molecule has 0 aliphatic heterocycles. The van der Waals surface area contributed by atoms with E-state index in [0.717, 1.165) is 5.56 Å². The quantitative estimate of drug-likeness (QED) is 0.577. The van der Waals surface area contributed by atoms with Crippen molar-refractivity contribution in [1.82, 2.24) is 0 Å². The molecule has 17 heavy (non-hydrogen) atoms. The van der Waals surface area contributed by atoms with Crippen LogP contribution in [0, 0.1) is 5.41 Å². The SMILES string of the molecule is CCOC(=O)C12CC1(C)c1ccccc1C2=O. The molecular formula is C14H14O3. The molecule has 2 aliphatic carbocycles. The Balaban J connectivity index is 2.11. The first kappa shape index (κ1) is 10.5. The number of ketones is 1. The lowest BCUT2D eigenvalue weighted by Gasteiger charge is -2.11. The molecule has 0 saturated heterocycles. The van der Waals surface area contributed by atoms with Crippen LogP contribution in [0.2, 0.25) is 0 Å². The predicted molar refractivity (Wildman–Crippen MR) is 61.8 cm³/mol. The van der Waals surface area contributed by atoms with Gasteiger partial charge in [-0.25, -0.2) is 0 Å². The van der Waals surface area contributed by atoms with E-state index >= 15 is 0 Å². The number of hydrogen-bond donors (Lipinski definition) is 0. The largest absolute Gasteiger partial charge is 0.465 e. The lowest BCUT2D eigenvalue weighted by Crippen LogP contribution is -2.29. The zero-order valence-electron chi connectivity index (χ0n) is 9.95. The Kier molecular flexibility index (Phi) is 1.84. The summed E-state index contributed by atoms with van der Waals surface area (Å²) in [6.07, 6.45) is 0.592. The molecule has 3 heteroatoms. The van der Waals surface area contributed by atoms with E-state index in [0.29, 0.717) is 18.6 Å². The molecule has 2 atom stereocenters. The second-order valence-electron chi connectivity index (χ2n) is 5.01. The van der Waals surface area contributed by atoms with Gasteiger partial charge in [0.05, 0.1) is 6.61 Å². The van der Waals surface area contributed by atoms with Gasteiger partial charge in [0.15, 0.2) is 5.78 Å². The molecule has 3 rings (SSSR count). The second-order valence-corrected chi connectivity index (χ2v) is 5.01.